The molecule has 1 atom stereocenters. The monoisotopic (exact) mass is 684 g/mol. The van der Waals surface area contributed by atoms with Crippen LogP contribution in [-0.4, -0.2) is 57.6 Å². The fourth-order valence-corrected chi connectivity index (χ4v) is 6.15. The lowest BCUT2D eigenvalue weighted by Gasteiger charge is -2.15. The molecular formula is C35H34Cl2N8O3. The normalized spacial score (nSPS) is 14.2. The molecule has 48 heavy (non-hydrogen) atoms. The number of methoxy groups -OCH3 is 2. The molecule has 1 amide bonds. The van der Waals surface area contributed by atoms with Gasteiger partial charge in [-0.05, 0) is 18.6 Å². The lowest BCUT2D eigenvalue weighted by molar-refractivity contribution is -0.119. The summed E-state index contributed by atoms with van der Waals surface area (Å²) in [6.07, 6.45) is 6.49. The van der Waals surface area contributed by atoms with Crippen LogP contribution in [0.25, 0.3) is 33.6 Å². The van der Waals surface area contributed by atoms with E-state index in [0.29, 0.717) is 88.3 Å². The fourth-order valence-electron chi connectivity index (χ4n) is 5.51. The van der Waals surface area contributed by atoms with Gasteiger partial charge in [-0.2, -0.15) is 0 Å². The molecule has 3 N–H and O–H groups in total. The summed E-state index contributed by atoms with van der Waals surface area (Å²) in [6, 6.07) is 17.3. The van der Waals surface area contributed by atoms with Crippen molar-refractivity contribution >= 4 is 29.1 Å². The van der Waals surface area contributed by atoms with Gasteiger partial charge < -0.3 is 25.4 Å². The van der Waals surface area contributed by atoms with E-state index in [-0.39, 0.29) is 11.9 Å². The maximum atomic E-state index is 11.5. The molecule has 0 unspecified atom stereocenters. The highest BCUT2D eigenvalue weighted by Crippen LogP contribution is 2.42. The van der Waals surface area contributed by atoms with Crippen LogP contribution in [0.1, 0.15) is 29.9 Å². The molecule has 13 heteroatoms. The number of carbonyl (C=O) groups is 1. The van der Waals surface area contributed by atoms with E-state index in [1.54, 1.807) is 32.8 Å². The molecule has 0 aliphatic carbocycles. The van der Waals surface area contributed by atoms with Gasteiger partial charge in [-0.15, -0.1) is 0 Å². The second-order valence-corrected chi connectivity index (χ2v) is 11.9. The summed E-state index contributed by atoms with van der Waals surface area (Å²) < 4.78 is 11.2. The number of rotatable bonds is 13. The van der Waals surface area contributed by atoms with Crippen molar-refractivity contribution < 1.29 is 14.3 Å². The van der Waals surface area contributed by atoms with E-state index < -0.39 is 0 Å². The minimum absolute atomic E-state index is 0.0833. The van der Waals surface area contributed by atoms with Crippen LogP contribution in [0, 0.1) is 0 Å². The van der Waals surface area contributed by atoms with Crippen molar-refractivity contribution in [3.63, 3.8) is 0 Å². The Hall–Kier alpha value is -4.68. The molecule has 6 rings (SSSR count). The molecule has 1 aliphatic heterocycles. The summed E-state index contributed by atoms with van der Waals surface area (Å²) in [5.74, 6) is 0.874. The average molecular weight is 686 g/mol. The van der Waals surface area contributed by atoms with Crippen LogP contribution in [0.2, 0.25) is 10.0 Å². The number of amides is 1. The molecule has 4 heterocycles. The fraction of sp³-hybridized carbons (Fsp3) is 0.257. The van der Waals surface area contributed by atoms with Crippen LogP contribution in [0.15, 0.2) is 73.2 Å². The van der Waals surface area contributed by atoms with Crippen LogP contribution in [0.3, 0.4) is 0 Å². The summed E-state index contributed by atoms with van der Waals surface area (Å²) in [6.45, 7) is 2.12. The van der Waals surface area contributed by atoms with Gasteiger partial charge in [-0.1, -0.05) is 65.7 Å². The second kappa shape index (κ2) is 15.5. The SMILES string of the molecule is COc1nc(-c2cccc(-c3cccc(-c4cnc(CNC[C@@H]5CCC(=O)N5)c(OC)n4)c3Cl)c2Cl)cnc1CNCc1ccccn1. The number of benzene rings is 2. The van der Waals surface area contributed by atoms with Gasteiger partial charge in [-0.3, -0.25) is 19.7 Å². The summed E-state index contributed by atoms with van der Waals surface area (Å²) in [4.78, 5) is 34.5. The molecule has 2 aromatic carbocycles. The number of hydrogen-bond acceptors (Lipinski definition) is 10. The van der Waals surface area contributed by atoms with E-state index in [1.165, 1.54) is 0 Å². The largest absolute Gasteiger partial charge is 0.480 e. The van der Waals surface area contributed by atoms with Crippen molar-refractivity contribution in [2.75, 3.05) is 20.8 Å². The van der Waals surface area contributed by atoms with Crippen molar-refractivity contribution in [2.24, 2.45) is 0 Å². The maximum absolute atomic E-state index is 11.5. The third-order valence-electron chi connectivity index (χ3n) is 7.94. The number of aromatic nitrogens is 5. The van der Waals surface area contributed by atoms with Crippen LogP contribution in [0.5, 0.6) is 11.8 Å². The Morgan fingerprint density at radius 3 is 1.85 bits per heavy atom. The number of nitrogens with one attached hydrogen (secondary N) is 3. The van der Waals surface area contributed by atoms with E-state index >= 15 is 0 Å². The van der Waals surface area contributed by atoms with E-state index in [0.717, 1.165) is 23.2 Å². The first-order valence-electron chi connectivity index (χ1n) is 15.4. The Morgan fingerprint density at radius 1 is 0.750 bits per heavy atom. The highest BCUT2D eigenvalue weighted by atomic mass is 35.5. The van der Waals surface area contributed by atoms with E-state index in [1.807, 2.05) is 54.6 Å². The lowest BCUT2D eigenvalue weighted by Crippen LogP contribution is -2.35. The van der Waals surface area contributed by atoms with Gasteiger partial charge in [-0.25, -0.2) is 9.97 Å². The van der Waals surface area contributed by atoms with Crippen LogP contribution < -0.4 is 25.4 Å². The van der Waals surface area contributed by atoms with Crippen molar-refractivity contribution in [2.45, 2.75) is 38.5 Å². The number of hydrogen-bond donors (Lipinski definition) is 3. The lowest BCUT2D eigenvalue weighted by atomic mass is 9.98. The molecule has 0 spiro atoms. The average Bonchev–Trinajstić information content (AvgIpc) is 3.54. The minimum atomic E-state index is 0.0833. The van der Waals surface area contributed by atoms with Crippen molar-refractivity contribution in [3.8, 4) is 45.4 Å². The number of ether oxygens (including phenoxy) is 2. The zero-order valence-electron chi connectivity index (χ0n) is 26.5. The van der Waals surface area contributed by atoms with Gasteiger partial charge in [0, 0.05) is 67.1 Å². The smallest absolute Gasteiger partial charge is 0.237 e. The number of carbonyl (C=O) groups excluding carboxylic acids is 1. The van der Waals surface area contributed by atoms with Crippen LogP contribution in [0.4, 0.5) is 0 Å². The highest BCUT2D eigenvalue weighted by Gasteiger charge is 2.21. The molecule has 3 aromatic heterocycles. The molecule has 5 aromatic rings. The first-order chi connectivity index (χ1) is 23.4. The summed E-state index contributed by atoms with van der Waals surface area (Å²) in [7, 11) is 3.12. The molecule has 11 nitrogen and oxygen atoms in total. The molecular weight excluding hydrogens is 651 g/mol. The Morgan fingerprint density at radius 2 is 1.33 bits per heavy atom. The molecule has 0 radical (unpaired) electrons. The van der Waals surface area contributed by atoms with Crippen LogP contribution in [-0.2, 0) is 24.4 Å². The Bertz CT molecular complexity index is 1910. The first kappa shape index (κ1) is 33.2. The quantitative estimate of drug-likeness (QED) is 0.143. The Kier molecular flexibility index (Phi) is 10.7. The van der Waals surface area contributed by atoms with Crippen molar-refractivity contribution in [1.82, 2.24) is 40.9 Å². The first-order valence-corrected chi connectivity index (χ1v) is 16.2. The molecule has 0 bridgehead atoms. The highest BCUT2D eigenvalue weighted by molar-refractivity contribution is 6.39. The van der Waals surface area contributed by atoms with Gasteiger partial charge in [0.25, 0.3) is 0 Å². The van der Waals surface area contributed by atoms with Gasteiger partial charge in [0.15, 0.2) is 0 Å². The standard InChI is InChI=1S/C35H34Cl2N8O3/c1-47-34-29(17-38-15-21-7-3-4-14-40-21)41-19-27(44-34)25-10-5-8-23(32(25)36)24-9-6-11-26(33(24)37)28-20-42-30(35(45-28)48-2)18-39-16-22-12-13-31(46)43-22/h3-11,14,19-20,22,38-39H,12-13,15-18H2,1-2H3,(H,43,46)/t22-/m0/s1. The second-order valence-electron chi connectivity index (χ2n) is 11.1. The molecule has 1 fully saturated rings. The third kappa shape index (κ3) is 7.55. The van der Waals surface area contributed by atoms with E-state index in [2.05, 4.69) is 30.9 Å². The predicted molar refractivity (Wildman–Crippen MR) is 185 cm³/mol. The van der Waals surface area contributed by atoms with E-state index in [4.69, 9.17) is 42.6 Å². The van der Waals surface area contributed by atoms with E-state index in [9.17, 15) is 4.79 Å². The number of halogens is 2. The Balaban J connectivity index is 1.21. The van der Waals surface area contributed by atoms with Gasteiger partial charge in [0.2, 0.25) is 17.7 Å². The van der Waals surface area contributed by atoms with Gasteiger partial charge >= 0.3 is 0 Å². The topological polar surface area (TPSA) is 136 Å². The summed E-state index contributed by atoms with van der Waals surface area (Å²) in [5, 5.41) is 10.5. The summed E-state index contributed by atoms with van der Waals surface area (Å²) >= 11 is 14.1. The van der Waals surface area contributed by atoms with Crippen molar-refractivity contribution in [1.29, 1.82) is 0 Å². The summed E-state index contributed by atoms with van der Waals surface area (Å²) in [5.41, 5.74) is 6.18. The molecule has 246 valence electrons. The van der Waals surface area contributed by atoms with Crippen LogP contribution >= 0.6 is 23.2 Å². The zero-order chi connectivity index (χ0) is 33.5. The third-order valence-corrected chi connectivity index (χ3v) is 8.76. The zero-order valence-corrected chi connectivity index (χ0v) is 28.0. The predicted octanol–water partition coefficient (Wildman–Crippen LogP) is 5.64. The van der Waals surface area contributed by atoms with Crippen molar-refractivity contribution in [3.05, 3.63) is 100 Å². The number of pyridine rings is 1. The molecule has 0 saturated carbocycles. The molecule has 1 aliphatic rings. The van der Waals surface area contributed by atoms with Gasteiger partial charge in [0.05, 0.1) is 53.7 Å². The maximum Gasteiger partial charge on any atom is 0.237 e. The number of nitrogens with zero attached hydrogens (tertiary/aromatic N) is 5. The Labute approximate surface area is 288 Å². The minimum Gasteiger partial charge on any atom is -0.480 e. The van der Waals surface area contributed by atoms with Gasteiger partial charge in [0.1, 0.15) is 11.4 Å². The molecule has 1 saturated heterocycles.